The second kappa shape index (κ2) is 5.84. The molecule has 2 atom stereocenters. The molecular formula is C13H16F3NO3S. The molecule has 1 aliphatic rings. The molecule has 1 aliphatic carbocycles. The van der Waals surface area contributed by atoms with E-state index in [1.165, 1.54) is 18.2 Å². The van der Waals surface area contributed by atoms with E-state index in [1.807, 2.05) is 0 Å². The molecule has 0 aromatic heterocycles. The first-order valence-corrected chi connectivity index (χ1v) is 8.02. The van der Waals surface area contributed by atoms with Crippen molar-refractivity contribution in [3.05, 3.63) is 24.3 Å². The van der Waals surface area contributed by atoms with Gasteiger partial charge in [0, 0.05) is 6.54 Å². The number of rotatable bonds is 4. The summed E-state index contributed by atoms with van der Waals surface area (Å²) in [5.41, 5.74) is -5.38. The molecule has 0 amide bonds. The lowest BCUT2D eigenvalue weighted by molar-refractivity contribution is -0.0435. The molecule has 0 spiro atoms. The number of halogens is 3. The van der Waals surface area contributed by atoms with E-state index >= 15 is 0 Å². The van der Waals surface area contributed by atoms with Gasteiger partial charge in [-0.2, -0.15) is 13.2 Å². The smallest absolute Gasteiger partial charge is 0.393 e. The number of aliphatic hydroxyl groups is 1. The standard InChI is InChI=1S/C13H16F3NO3S/c14-13(15,16)21(19,20)12-4-2-1-3-11(12)17-8-9-5-6-10(18)7-9/h1-4,9-10,17-18H,5-8H2. The summed E-state index contributed by atoms with van der Waals surface area (Å²) in [7, 11) is -5.38. The van der Waals surface area contributed by atoms with Crippen LogP contribution in [0.15, 0.2) is 29.2 Å². The van der Waals surface area contributed by atoms with Gasteiger partial charge in [0.2, 0.25) is 0 Å². The third kappa shape index (κ3) is 3.49. The molecule has 1 aromatic rings. The Balaban J connectivity index is 2.18. The monoisotopic (exact) mass is 323 g/mol. The number of hydrogen-bond donors (Lipinski definition) is 2. The van der Waals surface area contributed by atoms with E-state index in [4.69, 9.17) is 0 Å². The average Bonchev–Trinajstić information content (AvgIpc) is 2.81. The van der Waals surface area contributed by atoms with Crippen LogP contribution < -0.4 is 5.32 Å². The van der Waals surface area contributed by atoms with Crippen LogP contribution in [0.25, 0.3) is 0 Å². The summed E-state index contributed by atoms with van der Waals surface area (Å²) in [6.45, 7) is 0.335. The third-order valence-electron chi connectivity index (χ3n) is 3.58. The molecule has 0 radical (unpaired) electrons. The Hall–Kier alpha value is -1.28. The van der Waals surface area contributed by atoms with Crippen LogP contribution in [-0.2, 0) is 9.84 Å². The van der Waals surface area contributed by atoms with Gasteiger partial charge in [0.05, 0.1) is 16.7 Å². The molecule has 2 N–H and O–H groups in total. The molecule has 2 rings (SSSR count). The highest BCUT2D eigenvalue weighted by Gasteiger charge is 2.47. The van der Waals surface area contributed by atoms with E-state index in [0.29, 0.717) is 19.4 Å². The molecule has 1 fully saturated rings. The predicted octanol–water partition coefficient (Wildman–Crippen LogP) is 2.55. The first kappa shape index (κ1) is 16.1. The zero-order valence-corrected chi connectivity index (χ0v) is 11.9. The Kier molecular flexibility index (Phi) is 4.48. The zero-order chi connectivity index (χ0) is 15.7. The second-order valence-electron chi connectivity index (χ2n) is 5.16. The summed E-state index contributed by atoms with van der Waals surface area (Å²) in [5.74, 6) is 0.127. The van der Waals surface area contributed by atoms with Crippen molar-refractivity contribution in [2.24, 2.45) is 5.92 Å². The molecule has 0 bridgehead atoms. The van der Waals surface area contributed by atoms with Crippen LogP contribution >= 0.6 is 0 Å². The minimum atomic E-state index is -5.38. The van der Waals surface area contributed by atoms with Crippen LogP contribution in [0.5, 0.6) is 0 Å². The molecule has 2 unspecified atom stereocenters. The average molecular weight is 323 g/mol. The highest BCUT2D eigenvalue weighted by molar-refractivity contribution is 7.92. The highest BCUT2D eigenvalue weighted by Crippen LogP contribution is 2.34. The van der Waals surface area contributed by atoms with Gasteiger partial charge in [0.1, 0.15) is 0 Å². The first-order chi connectivity index (χ1) is 9.72. The predicted molar refractivity (Wildman–Crippen MR) is 71.5 cm³/mol. The number of alkyl halides is 3. The quantitative estimate of drug-likeness (QED) is 0.894. The Morgan fingerprint density at radius 1 is 1.24 bits per heavy atom. The van der Waals surface area contributed by atoms with Crippen molar-refractivity contribution >= 4 is 15.5 Å². The number of nitrogens with one attached hydrogen (secondary N) is 1. The number of benzene rings is 1. The van der Waals surface area contributed by atoms with Crippen molar-refractivity contribution in [1.29, 1.82) is 0 Å². The van der Waals surface area contributed by atoms with Crippen molar-refractivity contribution in [1.82, 2.24) is 0 Å². The fourth-order valence-electron chi connectivity index (χ4n) is 2.46. The van der Waals surface area contributed by atoms with Gasteiger partial charge in [0.15, 0.2) is 0 Å². The van der Waals surface area contributed by atoms with Crippen molar-refractivity contribution in [2.75, 3.05) is 11.9 Å². The van der Waals surface area contributed by atoms with Gasteiger partial charge in [0.25, 0.3) is 9.84 Å². The van der Waals surface area contributed by atoms with Crippen LogP contribution in [0.1, 0.15) is 19.3 Å². The number of sulfone groups is 1. The van der Waals surface area contributed by atoms with Crippen molar-refractivity contribution in [2.45, 2.75) is 35.8 Å². The van der Waals surface area contributed by atoms with Crippen molar-refractivity contribution in [3.8, 4) is 0 Å². The van der Waals surface area contributed by atoms with Crippen molar-refractivity contribution < 1.29 is 26.7 Å². The number of hydrogen-bond acceptors (Lipinski definition) is 4. The fraction of sp³-hybridized carbons (Fsp3) is 0.538. The Bertz CT molecular complexity index is 601. The lowest BCUT2D eigenvalue weighted by Gasteiger charge is -2.16. The van der Waals surface area contributed by atoms with E-state index in [-0.39, 0.29) is 17.7 Å². The van der Waals surface area contributed by atoms with Crippen molar-refractivity contribution in [3.63, 3.8) is 0 Å². The Labute approximate surface area is 120 Å². The highest BCUT2D eigenvalue weighted by atomic mass is 32.2. The lowest BCUT2D eigenvalue weighted by Crippen LogP contribution is -2.25. The van der Waals surface area contributed by atoms with Crippen LogP contribution in [0.3, 0.4) is 0 Å². The van der Waals surface area contributed by atoms with Gasteiger partial charge in [-0.05, 0) is 37.3 Å². The minimum absolute atomic E-state index is 0.0591. The van der Waals surface area contributed by atoms with Crippen LogP contribution in [0.4, 0.5) is 18.9 Å². The maximum atomic E-state index is 12.6. The topological polar surface area (TPSA) is 66.4 Å². The molecule has 0 aliphatic heterocycles. The van der Waals surface area contributed by atoms with E-state index in [9.17, 15) is 26.7 Å². The van der Waals surface area contributed by atoms with E-state index in [0.717, 1.165) is 12.5 Å². The molecule has 4 nitrogen and oxygen atoms in total. The molecule has 0 saturated heterocycles. The van der Waals surface area contributed by atoms with Gasteiger partial charge in [-0.3, -0.25) is 0 Å². The molecule has 118 valence electrons. The summed E-state index contributed by atoms with van der Waals surface area (Å²) in [6, 6.07) is 4.98. The number of para-hydroxylation sites is 1. The zero-order valence-electron chi connectivity index (χ0n) is 11.1. The lowest BCUT2D eigenvalue weighted by atomic mass is 10.1. The summed E-state index contributed by atoms with van der Waals surface area (Å²) in [5, 5.41) is 12.2. The van der Waals surface area contributed by atoms with Gasteiger partial charge in [-0.1, -0.05) is 12.1 Å². The largest absolute Gasteiger partial charge is 0.501 e. The van der Waals surface area contributed by atoms with Crippen LogP contribution in [0.2, 0.25) is 0 Å². The number of anilines is 1. The summed E-state index contributed by atoms with van der Waals surface area (Å²) < 4.78 is 61.0. The molecule has 0 heterocycles. The van der Waals surface area contributed by atoms with E-state index < -0.39 is 20.2 Å². The summed E-state index contributed by atoms with van der Waals surface area (Å²) in [4.78, 5) is -0.768. The van der Waals surface area contributed by atoms with Gasteiger partial charge < -0.3 is 10.4 Å². The van der Waals surface area contributed by atoms with E-state index in [2.05, 4.69) is 5.32 Å². The first-order valence-electron chi connectivity index (χ1n) is 6.54. The molecular weight excluding hydrogens is 307 g/mol. The molecule has 21 heavy (non-hydrogen) atoms. The number of aliphatic hydroxyl groups excluding tert-OH is 1. The normalized spacial score (nSPS) is 23.2. The van der Waals surface area contributed by atoms with Crippen LogP contribution in [-0.4, -0.2) is 31.7 Å². The van der Waals surface area contributed by atoms with Gasteiger partial charge in [-0.15, -0.1) is 0 Å². The van der Waals surface area contributed by atoms with Gasteiger partial charge >= 0.3 is 5.51 Å². The molecule has 1 saturated carbocycles. The fourth-order valence-corrected chi connectivity index (χ4v) is 3.40. The Morgan fingerprint density at radius 2 is 1.90 bits per heavy atom. The maximum Gasteiger partial charge on any atom is 0.501 e. The second-order valence-corrected chi connectivity index (χ2v) is 7.07. The summed E-state index contributed by atoms with van der Waals surface area (Å²) in [6.07, 6.45) is 1.62. The summed E-state index contributed by atoms with van der Waals surface area (Å²) >= 11 is 0. The molecule has 8 heteroatoms. The Morgan fingerprint density at radius 3 is 2.48 bits per heavy atom. The van der Waals surface area contributed by atoms with Gasteiger partial charge in [-0.25, -0.2) is 8.42 Å². The maximum absolute atomic E-state index is 12.6. The molecule has 1 aromatic carbocycles. The van der Waals surface area contributed by atoms with Crippen LogP contribution in [0, 0.1) is 5.92 Å². The minimum Gasteiger partial charge on any atom is -0.393 e. The SMILES string of the molecule is O=S(=O)(c1ccccc1NCC1CCC(O)C1)C(F)(F)F. The third-order valence-corrected chi connectivity index (χ3v) is 5.12. The van der Waals surface area contributed by atoms with E-state index in [1.54, 1.807) is 0 Å².